The van der Waals surface area contributed by atoms with Crippen molar-refractivity contribution in [3.8, 4) is 28.7 Å². The van der Waals surface area contributed by atoms with Crippen LogP contribution in [0.15, 0.2) is 72.8 Å². The second-order valence-corrected chi connectivity index (χ2v) is 9.98. The Bertz CT molecular complexity index is 1550. The monoisotopic (exact) mass is 522 g/mol. The number of para-hydroxylation sites is 1. The predicted molar refractivity (Wildman–Crippen MR) is 149 cm³/mol. The Morgan fingerprint density at radius 1 is 0.949 bits per heavy atom. The Morgan fingerprint density at radius 2 is 1.64 bits per heavy atom. The van der Waals surface area contributed by atoms with Gasteiger partial charge in [-0.3, -0.25) is 0 Å². The molecule has 0 saturated heterocycles. The lowest BCUT2D eigenvalue weighted by molar-refractivity contribution is -0.158. The average Bonchev–Trinajstić information content (AvgIpc) is 2.91. The van der Waals surface area contributed by atoms with Crippen LogP contribution in [0.1, 0.15) is 55.7 Å². The van der Waals surface area contributed by atoms with Crippen LogP contribution in [0.25, 0.3) is 22.0 Å². The third kappa shape index (κ3) is 6.60. The molecule has 7 nitrogen and oxygen atoms in total. The molecule has 4 rings (SSSR count). The second kappa shape index (κ2) is 11.8. The summed E-state index contributed by atoms with van der Waals surface area (Å²) in [6.45, 7) is 6.73. The molecule has 198 valence electrons. The minimum atomic E-state index is -0.702. The number of nitriles is 1. The first kappa shape index (κ1) is 27.3. The molecule has 0 aliphatic heterocycles. The zero-order valence-corrected chi connectivity index (χ0v) is 22.5. The first-order chi connectivity index (χ1) is 18.7. The van der Waals surface area contributed by atoms with Crippen molar-refractivity contribution in [2.24, 2.45) is 0 Å². The molecule has 0 aliphatic rings. The summed E-state index contributed by atoms with van der Waals surface area (Å²) in [5.41, 5.74) is 2.99. The van der Waals surface area contributed by atoms with Gasteiger partial charge in [-0.1, -0.05) is 61.9 Å². The molecule has 0 unspecified atom stereocenters. The van der Waals surface area contributed by atoms with E-state index in [1.807, 2.05) is 49.4 Å². The summed E-state index contributed by atoms with van der Waals surface area (Å²) in [6, 6.07) is 24.1. The molecule has 1 heterocycles. The number of ether oxygens (including phenoxy) is 3. The molecule has 0 bridgehead atoms. The molecule has 0 saturated carbocycles. The number of carbonyl (C=O) groups excluding carboxylic acids is 2. The van der Waals surface area contributed by atoms with Gasteiger partial charge in [0.1, 0.15) is 16.9 Å². The molecule has 0 N–H and O–H groups in total. The highest BCUT2D eigenvalue weighted by Crippen LogP contribution is 2.36. The zero-order valence-electron chi connectivity index (χ0n) is 22.5. The molecule has 0 fully saturated rings. The van der Waals surface area contributed by atoms with Crippen molar-refractivity contribution in [2.75, 3.05) is 6.61 Å². The maximum Gasteiger partial charge on any atom is 0.344 e. The van der Waals surface area contributed by atoms with E-state index in [2.05, 4.69) is 6.07 Å². The van der Waals surface area contributed by atoms with Crippen molar-refractivity contribution in [1.29, 1.82) is 5.26 Å². The Balaban J connectivity index is 1.72. The van der Waals surface area contributed by atoms with E-state index in [1.165, 1.54) is 0 Å². The fourth-order valence-electron chi connectivity index (χ4n) is 4.18. The predicted octanol–water partition coefficient (Wildman–Crippen LogP) is 7.02. The largest absolute Gasteiger partial charge is 0.457 e. The molecular formula is C32H30N2O5. The quantitative estimate of drug-likeness (QED) is 0.229. The van der Waals surface area contributed by atoms with E-state index in [4.69, 9.17) is 19.2 Å². The number of esters is 2. The van der Waals surface area contributed by atoms with Gasteiger partial charge in [-0.05, 0) is 62.6 Å². The number of pyridine rings is 1. The lowest BCUT2D eigenvalue weighted by Gasteiger charge is -2.20. The van der Waals surface area contributed by atoms with E-state index in [0.717, 1.165) is 17.5 Å². The normalized spacial score (nSPS) is 11.1. The van der Waals surface area contributed by atoms with Gasteiger partial charge in [0, 0.05) is 5.39 Å². The van der Waals surface area contributed by atoms with Crippen molar-refractivity contribution < 1.29 is 23.8 Å². The van der Waals surface area contributed by atoms with E-state index in [-0.39, 0.29) is 11.3 Å². The van der Waals surface area contributed by atoms with Crippen LogP contribution >= 0.6 is 0 Å². The van der Waals surface area contributed by atoms with Gasteiger partial charge in [0.15, 0.2) is 12.4 Å². The second-order valence-electron chi connectivity index (χ2n) is 9.98. The fourth-order valence-corrected chi connectivity index (χ4v) is 4.18. The van der Waals surface area contributed by atoms with E-state index >= 15 is 0 Å². The number of hydrogen-bond acceptors (Lipinski definition) is 7. The number of fused-ring (bicyclic) bond motifs is 1. The maximum absolute atomic E-state index is 13.4. The van der Waals surface area contributed by atoms with Crippen LogP contribution in [0.5, 0.6) is 11.5 Å². The van der Waals surface area contributed by atoms with Crippen LogP contribution in [-0.2, 0) is 20.7 Å². The van der Waals surface area contributed by atoms with Gasteiger partial charge in [-0.15, -0.1) is 0 Å². The lowest BCUT2D eigenvalue weighted by atomic mass is 10.0. The van der Waals surface area contributed by atoms with Crippen molar-refractivity contribution in [2.45, 2.75) is 46.1 Å². The van der Waals surface area contributed by atoms with Gasteiger partial charge >= 0.3 is 11.9 Å². The summed E-state index contributed by atoms with van der Waals surface area (Å²) in [7, 11) is 0. The zero-order chi connectivity index (χ0) is 28.0. The van der Waals surface area contributed by atoms with E-state index in [1.54, 1.807) is 51.1 Å². The van der Waals surface area contributed by atoms with Gasteiger partial charge in [0.25, 0.3) is 0 Å². The highest BCUT2D eigenvalue weighted by molar-refractivity contribution is 6.06. The molecule has 0 aliphatic carbocycles. The minimum absolute atomic E-state index is 0.200. The molecule has 0 radical (unpaired) electrons. The number of aryl methyl sites for hydroxylation is 1. The molecule has 0 amide bonds. The van der Waals surface area contributed by atoms with Gasteiger partial charge in [0.2, 0.25) is 0 Å². The Kier molecular flexibility index (Phi) is 8.26. The molecule has 7 heteroatoms. The summed E-state index contributed by atoms with van der Waals surface area (Å²) in [6.07, 6.45) is 1.35. The van der Waals surface area contributed by atoms with Crippen molar-refractivity contribution in [3.05, 3.63) is 89.6 Å². The molecule has 0 atom stereocenters. The van der Waals surface area contributed by atoms with E-state index in [0.29, 0.717) is 34.3 Å². The molecule has 4 aromatic rings. The van der Waals surface area contributed by atoms with Crippen molar-refractivity contribution in [1.82, 2.24) is 4.98 Å². The average molecular weight is 523 g/mol. The standard InChI is InChI=1S/C32H30N2O5/c1-5-10-27-30(38-23-17-15-21(16-18-23)24-12-7-6-11-22(24)19-33)29(25-13-8-9-14-26(25)34-27)31(36)37-20-28(35)39-32(2,3)4/h6-9,11-18H,5,10,20H2,1-4H3. The highest BCUT2D eigenvalue weighted by Gasteiger charge is 2.25. The first-order valence-electron chi connectivity index (χ1n) is 12.8. The summed E-state index contributed by atoms with van der Waals surface area (Å²) in [4.78, 5) is 30.4. The van der Waals surface area contributed by atoms with Crippen LogP contribution in [0.3, 0.4) is 0 Å². The van der Waals surface area contributed by atoms with Gasteiger partial charge in [0.05, 0.1) is 22.8 Å². The van der Waals surface area contributed by atoms with Gasteiger partial charge in [-0.2, -0.15) is 5.26 Å². The van der Waals surface area contributed by atoms with Crippen LogP contribution < -0.4 is 4.74 Å². The Morgan fingerprint density at radius 3 is 2.33 bits per heavy atom. The molecule has 0 spiro atoms. The van der Waals surface area contributed by atoms with Crippen LogP contribution in [-0.4, -0.2) is 29.1 Å². The number of rotatable bonds is 8. The Hall–Kier alpha value is -4.70. The Labute approximate surface area is 228 Å². The lowest BCUT2D eigenvalue weighted by Crippen LogP contribution is -2.27. The summed E-state index contributed by atoms with van der Waals surface area (Å²) < 4.78 is 17.0. The SMILES string of the molecule is CCCc1nc2ccccc2c(C(=O)OCC(=O)OC(C)(C)C)c1Oc1ccc(-c2ccccc2C#N)cc1. The highest BCUT2D eigenvalue weighted by atomic mass is 16.6. The molecule has 39 heavy (non-hydrogen) atoms. The summed E-state index contributed by atoms with van der Waals surface area (Å²) in [5.74, 6) is -0.566. The maximum atomic E-state index is 13.4. The molecule has 3 aromatic carbocycles. The molecular weight excluding hydrogens is 492 g/mol. The third-order valence-corrected chi connectivity index (χ3v) is 5.78. The number of nitrogens with zero attached hydrogens (tertiary/aromatic N) is 2. The van der Waals surface area contributed by atoms with Crippen molar-refractivity contribution >= 4 is 22.8 Å². The first-order valence-corrected chi connectivity index (χ1v) is 12.8. The van der Waals surface area contributed by atoms with Crippen molar-refractivity contribution in [3.63, 3.8) is 0 Å². The van der Waals surface area contributed by atoms with Crippen LogP contribution in [0.4, 0.5) is 0 Å². The fraction of sp³-hybridized carbons (Fsp3) is 0.250. The minimum Gasteiger partial charge on any atom is -0.457 e. The summed E-state index contributed by atoms with van der Waals surface area (Å²) >= 11 is 0. The topological polar surface area (TPSA) is 98.5 Å². The molecule has 1 aromatic heterocycles. The number of aromatic nitrogens is 1. The summed E-state index contributed by atoms with van der Waals surface area (Å²) in [5, 5.41) is 10.0. The number of carbonyl (C=O) groups is 2. The van der Waals surface area contributed by atoms with Crippen LogP contribution in [0.2, 0.25) is 0 Å². The third-order valence-electron chi connectivity index (χ3n) is 5.78. The van der Waals surface area contributed by atoms with E-state index in [9.17, 15) is 14.9 Å². The number of hydrogen-bond donors (Lipinski definition) is 0. The number of benzene rings is 3. The van der Waals surface area contributed by atoms with E-state index < -0.39 is 24.1 Å². The van der Waals surface area contributed by atoms with Gasteiger partial charge in [-0.25, -0.2) is 14.6 Å². The smallest absolute Gasteiger partial charge is 0.344 e. The van der Waals surface area contributed by atoms with Crippen LogP contribution in [0, 0.1) is 11.3 Å². The van der Waals surface area contributed by atoms with Gasteiger partial charge < -0.3 is 14.2 Å².